The summed E-state index contributed by atoms with van der Waals surface area (Å²) in [5.41, 5.74) is 2.23. The maximum absolute atomic E-state index is 5.14. The third-order valence-electron chi connectivity index (χ3n) is 2.65. The van der Waals surface area contributed by atoms with Gasteiger partial charge in [0.25, 0.3) is 0 Å². The van der Waals surface area contributed by atoms with Crippen molar-refractivity contribution in [3.8, 4) is 5.75 Å². The van der Waals surface area contributed by atoms with Crippen LogP contribution in [-0.2, 0) is 7.05 Å². The molecule has 0 atom stereocenters. The molecule has 0 aliphatic rings. The maximum atomic E-state index is 5.14. The summed E-state index contributed by atoms with van der Waals surface area (Å²) < 4.78 is 7.14. The van der Waals surface area contributed by atoms with Crippen LogP contribution >= 0.6 is 11.8 Å². The van der Waals surface area contributed by atoms with Crippen LogP contribution < -0.4 is 4.74 Å². The van der Waals surface area contributed by atoms with Gasteiger partial charge in [0.05, 0.1) is 7.11 Å². The fourth-order valence-corrected chi connectivity index (χ4v) is 2.42. The molecule has 1 aromatic carbocycles. The predicted molar refractivity (Wildman–Crippen MR) is 76.0 cm³/mol. The minimum absolute atomic E-state index is 0.831. The molecule has 0 bridgehead atoms. The Morgan fingerprint density at radius 1 is 1.39 bits per heavy atom. The van der Waals surface area contributed by atoms with Gasteiger partial charge in [-0.1, -0.05) is 30.5 Å². The Morgan fingerprint density at radius 2 is 2.11 bits per heavy atom. The van der Waals surface area contributed by atoms with E-state index in [0.717, 1.165) is 27.8 Å². The third-order valence-corrected chi connectivity index (χ3v) is 3.80. The summed E-state index contributed by atoms with van der Waals surface area (Å²) in [5, 5.41) is 1.00. The number of benzene rings is 1. The lowest BCUT2D eigenvalue weighted by Crippen LogP contribution is -1.92. The average Bonchev–Trinajstić information content (AvgIpc) is 2.81. The van der Waals surface area contributed by atoms with E-state index in [0.29, 0.717) is 0 Å². The number of aromatic nitrogens is 2. The Kier molecular flexibility index (Phi) is 4.10. The Hall–Kier alpha value is -1.68. The minimum Gasteiger partial charge on any atom is -0.497 e. The van der Waals surface area contributed by atoms with Crippen molar-refractivity contribution in [1.82, 2.24) is 9.55 Å². The number of hydrogen-bond donors (Lipinski definition) is 0. The van der Waals surface area contributed by atoms with Gasteiger partial charge in [0, 0.05) is 25.2 Å². The first-order chi connectivity index (χ1) is 8.70. The number of ether oxygens (including phenoxy) is 1. The van der Waals surface area contributed by atoms with Gasteiger partial charge in [-0.05, 0) is 23.3 Å². The van der Waals surface area contributed by atoms with Crippen LogP contribution in [0.1, 0.15) is 5.56 Å². The van der Waals surface area contributed by atoms with Crippen LogP contribution in [0.3, 0.4) is 0 Å². The van der Waals surface area contributed by atoms with Crippen LogP contribution in [0.2, 0.25) is 0 Å². The van der Waals surface area contributed by atoms with Crippen LogP contribution in [0.25, 0.3) is 5.57 Å². The summed E-state index contributed by atoms with van der Waals surface area (Å²) in [6.07, 6.45) is 3.75. The van der Waals surface area contributed by atoms with Crippen LogP contribution in [0.4, 0.5) is 0 Å². The molecule has 2 rings (SSSR count). The molecular weight excluding hydrogens is 244 g/mol. The molecule has 0 aliphatic heterocycles. The Morgan fingerprint density at radius 3 is 2.67 bits per heavy atom. The minimum atomic E-state index is 0.831. The first kappa shape index (κ1) is 12.8. The second-order valence-corrected chi connectivity index (χ2v) is 4.88. The largest absolute Gasteiger partial charge is 0.497 e. The number of hydrogen-bond acceptors (Lipinski definition) is 3. The number of aryl methyl sites for hydroxylation is 1. The van der Waals surface area contributed by atoms with Crippen LogP contribution in [-0.4, -0.2) is 22.4 Å². The van der Waals surface area contributed by atoms with Crippen molar-refractivity contribution in [2.24, 2.45) is 7.05 Å². The molecule has 2 aromatic rings. The molecule has 0 amide bonds. The number of nitrogens with zero attached hydrogens (tertiary/aromatic N) is 2. The first-order valence-corrected chi connectivity index (χ1v) is 6.61. The number of rotatable bonds is 5. The second-order valence-electron chi connectivity index (χ2n) is 3.94. The molecule has 1 aromatic heterocycles. The van der Waals surface area contributed by atoms with Crippen molar-refractivity contribution < 1.29 is 4.74 Å². The number of imidazole rings is 1. The molecule has 0 aliphatic carbocycles. The Balaban J connectivity index is 1.97. The molecule has 0 fully saturated rings. The molecule has 0 N–H and O–H groups in total. The highest BCUT2D eigenvalue weighted by molar-refractivity contribution is 7.99. The van der Waals surface area contributed by atoms with Crippen molar-refractivity contribution >= 4 is 17.3 Å². The van der Waals surface area contributed by atoms with Crippen LogP contribution in [0.5, 0.6) is 5.75 Å². The topological polar surface area (TPSA) is 27.1 Å². The summed E-state index contributed by atoms with van der Waals surface area (Å²) >= 11 is 1.69. The number of thioether (sulfide) groups is 1. The molecular formula is C14H16N2OS. The van der Waals surface area contributed by atoms with Gasteiger partial charge < -0.3 is 9.30 Å². The first-order valence-electron chi connectivity index (χ1n) is 5.63. The van der Waals surface area contributed by atoms with E-state index in [4.69, 9.17) is 4.74 Å². The fraction of sp³-hybridized carbons (Fsp3) is 0.214. The van der Waals surface area contributed by atoms with Gasteiger partial charge >= 0.3 is 0 Å². The van der Waals surface area contributed by atoms with E-state index in [1.807, 2.05) is 42.1 Å². The maximum Gasteiger partial charge on any atom is 0.167 e. The lowest BCUT2D eigenvalue weighted by molar-refractivity contribution is 0.415. The second kappa shape index (κ2) is 5.78. The lowest BCUT2D eigenvalue weighted by Gasteiger charge is -2.07. The summed E-state index contributed by atoms with van der Waals surface area (Å²) in [6, 6.07) is 7.96. The highest BCUT2D eigenvalue weighted by Gasteiger charge is 2.04. The molecule has 3 nitrogen and oxygen atoms in total. The monoisotopic (exact) mass is 260 g/mol. The van der Waals surface area contributed by atoms with E-state index < -0.39 is 0 Å². The highest BCUT2D eigenvalue weighted by Crippen LogP contribution is 2.24. The molecule has 94 valence electrons. The quantitative estimate of drug-likeness (QED) is 0.772. The normalized spacial score (nSPS) is 10.3. The van der Waals surface area contributed by atoms with Gasteiger partial charge in [-0.3, -0.25) is 0 Å². The van der Waals surface area contributed by atoms with Crippen molar-refractivity contribution in [3.63, 3.8) is 0 Å². The standard InChI is InChI=1S/C14H16N2OS/c1-11(10-18-14-15-8-9-16(14)2)12-4-6-13(17-3)7-5-12/h4-9H,1,10H2,2-3H3. The summed E-state index contributed by atoms with van der Waals surface area (Å²) in [7, 11) is 3.66. The molecule has 0 saturated heterocycles. The molecule has 0 radical (unpaired) electrons. The SMILES string of the molecule is C=C(CSc1nccn1C)c1ccc(OC)cc1. The van der Waals surface area contributed by atoms with E-state index >= 15 is 0 Å². The van der Waals surface area contributed by atoms with Gasteiger partial charge in [-0.15, -0.1) is 0 Å². The van der Waals surface area contributed by atoms with Crippen LogP contribution in [0, 0.1) is 0 Å². The van der Waals surface area contributed by atoms with E-state index in [1.54, 1.807) is 25.1 Å². The fourth-order valence-electron chi connectivity index (χ4n) is 1.55. The van der Waals surface area contributed by atoms with Gasteiger partial charge in [-0.25, -0.2) is 4.98 Å². The molecule has 1 heterocycles. The zero-order valence-electron chi connectivity index (χ0n) is 10.6. The molecule has 0 unspecified atom stereocenters. The summed E-state index contributed by atoms with van der Waals surface area (Å²) in [4.78, 5) is 4.27. The smallest absolute Gasteiger partial charge is 0.167 e. The predicted octanol–water partition coefficient (Wildman–Crippen LogP) is 3.23. The van der Waals surface area contributed by atoms with Crippen molar-refractivity contribution in [1.29, 1.82) is 0 Å². The lowest BCUT2D eigenvalue weighted by atomic mass is 10.1. The van der Waals surface area contributed by atoms with Gasteiger partial charge in [0.2, 0.25) is 0 Å². The van der Waals surface area contributed by atoms with E-state index in [-0.39, 0.29) is 0 Å². The van der Waals surface area contributed by atoms with Gasteiger partial charge in [0.15, 0.2) is 5.16 Å². The van der Waals surface area contributed by atoms with E-state index in [2.05, 4.69) is 11.6 Å². The molecule has 0 saturated carbocycles. The Labute approximate surface area is 111 Å². The Bertz CT molecular complexity index is 531. The molecule has 18 heavy (non-hydrogen) atoms. The van der Waals surface area contributed by atoms with Gasteiger partial charge in [0.1, 0.15) is 5.75 Å². The van der Waals surface area contributed by atoms with E-state index in [9.17, 15) is 0 Å². The summed E-state index contributed by atoms with van der Waals surface area (Å²) in [5.74, 6) is 1.69. The average molecular weight is 260 g/mol. The van der Waals surface area contributed by atoms with Crippen LogP contribution in [0.15, 0.2) is 48.4 Å². The molecule has 0 spiro atoms. The van der Waals surface area contributed by atoms with Crippen molar-refractivity contribution in [2.45, 2.75) is 5.16 Å². The van der Waals surface area contributed by atoms with Crippen molar-refractivity contribution in [2.75, 3.05) is 12.9 Å². The van der Waals surface area contributed by atoms with Gasteiger partial charge in [-0.2, -0.15) is 0 Å². The zero-order chi connectivity index (χ0) is 13.0. The third kappa shape index (κ3) is 2.96. The van der Waals surface area contributed by atoms with Crippen molar-refractivity contribution in [3.05, 3.63) is 48.8 Å². The highest BCUT2D eigenvalue weighted by atomic mass is 32.2. The summed E-state index contributed by atoms with van der Waals surface area (Å²) in [6.45, 7) is 4.11. The molecule has 4 heteroatoms. The number of methoxy groups -OCH3 is 1. The van der Waals surface area contributed by atoms with E-state index in [1.165, 1.54) is 0 Å². The zero-order valence-corrected chi connectivity index (χ0v) is 11.4.